The molecule has 3 rings (SSSR count). The third-order valence-corrected chi connectivity index (χ3v) is 4.25. The Morgan fingerprint density at radius 1 is 1.26 bits per heavy atom. The summed E-state index contributed by atoms with van der Waals surface area (Å²) in [5.41, 5.74) is 3.22. The Morgan fingerprint density at radius 2 is 2.09 bits per heavy atom. The summed E-state index contributed by atoms with van der Waals surface area (Å²) < 4.78 is 0. The molecular weight excluding hydrogens is 290 g/mol. The van der Waals surface area contributed by atoms with Gasteiger partial charge in [0.2, 0.25) is 5.91 Å². The average molecular weight is 311 g/mol. The van der Waals surface area contributed by atoms with Crippen LogP contribution in [0.1, 0.15) is 40.9 Å². The molecule has 23 heavy (non-hydrogen) atoms. The van der Waals surface area contributed by atoms with Crippen LogP contribution in [-0.2, 0) is 4.79 Å². The highest BCUT2D eigenvalue weighted by Crippen LogP contribution is 2.18. The minimum absolute atomic E-state index is 0.0992. The van der Waals surface area contributed by atoms with Crippen molar-refractivity contribution < 1.29 is 9.59 Å². The number of carbonyl (C=O) groups excluding carboxylic acids is 2. The number of carbonyl (C=O) groups is 2. The summed E-state index contributed by atoms with van der Waals surface area (Å²) >= 11 is 0. The van der Waals surface area contributed by atoms with Crippen molar-refractivity contribution in [2.45, 2.75) is 39.2 Å². The number of aryl methyl sites for hydroxylation is 2. The fourth-order valence-corrected chi connectivity index (χ4v) is 2.92. The topological polar surface area (TPSA) is 71.1 Å². The summed E-state index contributed by atoms with van der Waals surface area (Å²) in [6, 6.07) is 7.36. The van der Waals surface area contributed by atoms with Crippen LogP contribution in [0, 0.1) is 13.8 Å². The van der Waals surface area contributed by atoms with Gasteiger partial charge in [-0.3, -0.25) is 14.6 Å². The zero-order valence-electron chi connectivity index (χ0n) is 13.5. The Kier molecular flexibility index (Phi) is 4.28. The number of nitrogens with zero attached hydrogens (tertiary/aromatic N) is 1. The molecule has 2 aromatic rings. The van der Waals surface area contributed by atoms with Crippen molar-refractivity contribution in [3.05, 3.63) is 41.1 Å². The minimum Gasteiger partial charge on any atom is -0.354 e. The molecule has 1 aromatic carbocycles. The van der Waals surface area contributed by atoms with Gasteiger partial charge in [0.15, 0.2) is 0 Å². The number of benzene rings is 1. The van der Waals surface area contributed by atoms with E-state index in [-0.39, 0.29) is 11.8 Å². The van der Waals surface area contributed by atoms with Crippen LogP contribution in [0.2, 0.25) is 0 Å². The van der Waals surface area contributed by atoms with E-state index in [1.54, 1.807) is 0 Å². The van der Waals surface area contributed by atoms with Gasteiger partial charge in [0.25, 0.3) is 5.91 Å². The largest absolute Gasteiger partial charge is 0.354 e. The van der Waals surface area contributed by atoms with Gasteiger partial charge >= 0.3 is 0 Å². The molecule has 0 saturated carbocycles. The van der Waals surface area contributed by atoms with Crippen LogP contribution in [0.15, 0.2) is 24.3 Å². The predicted molar refractivity (Wildman–Crippen MR) is 89.3 cm³/mol. The molecule has 2 N–H and O–H groups in total. The summed E-state index contributed by atoms with van der Waals surface area (Å²) in [5.74, 6) is -0.336. The van der Waals surface area contributed by atoms with Crippen LogP contribution in [-0.4, -0.2) is 29.4 Å². The second kappa shape index (κ2) is 6.36. The van der Waals surface area contributed by atoms with Crippen LogP contribution in [0.4, 0.5) is 0 Å². The van der Waals surface area contributed by atoms with Crippen molar-refractivity contribution in [1.82, 2.24) is 15.6 Å². The molecular formula is C18H21N3O2. The van der Waals surface area contributed by atoms with E-state index in [1.807, 2.05) is 38.1 Å². The van der Waals surface area contributed by atoms with E-state index in [9.17, 15) is 9.59 Å². The number of amides is 2. The Morgan fingerprint density at radius 3 is 2.91 bits per heavy atom. The molecule has 1 aliphatic heterocycles. The van der Waals surface area contributed by atoms with Crippen molar-refractivity contribution in [2.75, 3.05) is 6.54 Å². The molecule has 0 radical (unpaired) electrons. The van der Waals surface area contributed by atoms with Crippen molar-refractivity contribution in [1.29, 1.82) is 0 Å². The van der Waals surface area contributed by atoms with E-state index >= 15 is 0 Å². The molecule has 1 saturated heterocycles. The second-order valence-corrected chi connectivity index (χ2v) is 6.13. The van der Waals surface area contributed by atoms with Gasteiger partial charge in [-0.05, 0) is 50.8 Å². The van der Waals surface area contributed by atoms with Crippen LogP contribution in [0.3, 0.4) is 0 Å². The molecule has 5 heteroatoms. The third-order valence-electron chi connectivity index (χ3n) is 4.25. The maximum Gasteiger partial charge on any atom is 0.253 e. The normalized spacial score (nSPS) is 18.3. The lowest BCUT2D eigenvalue weighted by molar-refractivity contribution is -0.122. The lowest BCUT2D eigenvalue weighted by Crippen LogP contribution is -2.45. The van der Waals surface area contributed by atoms with Gasteiger partial charge in [0, 0.05) is 11.9 Å². The Balaban J connectivity index is 1.86. The molecule has 1 fully saturated rings. The Hall–Kier alpha value is -2.43. The third kappa shape index (κ3) is 3.33. The first kappa shape index (κ1) is 15.5. The highest BCUT2D eigenvalue weighted by Gasteiger charge is 2.23. The summed E-state index contributed by atoms with van der Waals surface area (Å²) in [6.45, 7) is 4.52. The fourth-order valence-electron chi connectivity index (χ4n) is 2.92. The van der Waals surface area contributed by atoms with Gasteiger partial charge in [-0.15, -0.1) is 0 Å². The lowest BCUT2D eigenvalue weighted by Gasteiger charge is -2.16. The number of aromatic nitrogens is 1. The van der Waals surface area contributed by atoms with Gasteiger partial charge in [0.1, 0.15) is 6.04 Å². The van der Waals surface area contributed by atoms with E-state index in [2.05, 4.69) is 15.6 Å². The monoisotopic (exact) mass is 311 g/mol. The zero-order valence-corrected chi connectivity index (χ0v) is 13.5. The van der Waals surface area contributed by atoms with Crippen LogP contribution in [0.25, 0.3) is 10.9 Å². The van der Waals surface area contributed by atoms with E-state index in [0.29, 0.717) is 24.2 Å². The maximum atomic E-state index is 12.6. The molecule has 5 nitrogen and oxygen atoms in total. The molecule has 2 heterocycles. The molecule has 1 aliphatic rings. The van der Waals surface area contributed by atoms with Crippen molar-refractivity contribution >= 4 is 22.7 Å². The first-order chi connectivity index (χ1) is 11.0. The maximum absolute atomic E-state index is 12.6. The zero-order chi connectivity index (χ0) is 16.4. The molecule has 0 bridgehead atoms. The first-order valence-corrected chi connectivity index (χ1v) is 8.01. The molecule has 0 aliphatic carbocycles. The Bertz CT molecular complexity index is 770. The van der Waals surface area contributed by atoms with Crippen LogP contribution in [0.5, 0.6) is 0 Å². The lowest BCUT2D eigenvalue weighted by atomic mass is 10.1. The molecule has 120 valence electrons. The number of nitrogens with one attached hydrogen (secondary N) is 2. The van der Waals surface area contributed by atoms with E-state index < -0.39 is 6.04 Å². The van der Waals surface area contributed by atoms with Gasteiger partial charge in [-0.2, -0.15) is 0 Å². The summed E-state index contributed by atoms with van der Waals surface area (Å²) in [6.07, 6.45) is 2.56. The van der Waals surface area contributed by atoms with Crippen molar-refractivity contribution in [3.63, 3.8) is 0 Å². The van der Waals surface area contributed by atoms with Crippen LogP contribution < -0.4 is 10.6 Å². The van der Waals surface area contributed by atoms with Gasteiger partial charge < -0.3 is 10.6 Å². The summed E-state index contributed by atoms with van der Waals surface area (Å²) in [5, 5.41) is 6.61. The van der Waals surface area contributed by atoms with E-state index in [1.165, 1.54) is 0 Å². The standard InChI is InChI=1S/C18H21N3O2/c1-11-6-7-13-10-14(12(2)20-16(13)9-11)17(22)21-15-5-3-4-8-19-18(15)23/h6-7,9-10,15H,3-5,8H2,1-2H3,(H,19,23)(H,21,22). The van der Waals surface area contributed by atoms with Crippen LogP contribution >= 0.6 is 0 Å². The second-order valence-electron chi connectivity index (χ2n) is 6.13. The first-order valence-electron chi connectivity index (χ1n) is 8.01. The van der Waals surface area contributed by atoms with E-state index in [0.717, 1.165) is 29.3 Å². The number of hydrogen-bond acceptors (Lipinski definition) is 3. The number of pyridine rings is 1. The van der Waals surface area contributed by atoms with Gasteiger partial charge in [0.05, 0.1) is 16.8 Å². The number of hydrogen-bond donors (Lipinski definition) is 2. The molecule has 0 spiro atoms. The van der Waals surface area contributed by atoms with Crippen molar-refractivity contribution in [2.24, 2.45) is 0 Å². The average Bonchev–Trinajstić information content (AvgIpc) is 2.71. The minimum atomic E-state index is -0.460. The smallest absolute Gasteiger partial charge is 0.253 e. The molecule has 2 amide bonds. The SMILES string of the molecule is Cc1ccc2cc(C(=O)NC3CCCCNC3=O)c(C)nc2c1. The fraction of sp³-hybridized carbons (Fsp3) is 0.389. The quantitative estimate of drug-likeness (QED) is 0.893. The van der Waals surface area contributed by atoms with Gasteiger partial charge in [-0.25, -0.2) is 0 Å². The highest BCUT2D eigenvalue weighted by atomic mass is 16.2. The summed E-state index contributed by atoms with van der Waals surface area (Å²) in [4.78, 5) is 29.1. The molecule has 1 atom stereocenters. The molecule has 1 aromatic heterocycles. The number of rotatable bonds is 2. The summed E-state index contributed by atoms with van der Waals surface area (Å²) in [7, 11) is 0. The van der Waals surface area contributed by atoms with E-state index in [4.69, 9.17) is 0 Å². The number of fused-ring (bicyclic) bond motifs is 1. The van der Waals surface area contributed by atoms with Gasteiger partial charge in [-0.1, -0.05) is 12.1 Å². The Labute approximate surface area is 135 Å². The van der Waals surface area contributed by atoms with Crippen molar-refractivity contribution in [3.8, 4) is 0 Å². The predicted octanol–water partition coefficient (Wildman–Crippen LogP) is 2.25. The highest BCUT2D eigenvalue weighted by molar-refractivity contribution is 6.00. The molecule has 1 unspecified atom stereocenters.